The highest BCUT2D eigenvalue weighted by Gasteiger charge is 2.29. The summed E-state index contributed by atoms with van der Waals surface area (Å²) in [6.07, 6.45) is -3.89. The number of nitrogens with zero attached hydrogens (tertiary/aromatic N) is 4. The predicted octanol–water partition coefficient (Wildman–Crippen LogP) is 5.03. The summed E-state index contributed by atoms with van der Waals surface area (Å²) >= 11 is 0. The van der Waals surface area contributed by atoms with Gasteiger partial charge in [-0.05, 0) is 47.0 Å². The van der Waals surface area contributed by atoms with Gasteiger partial charge in [0.05, 0.1) is 12.1 Å². The summed E-state index contributed by atoms with van der Waals surface area (Å²) in [5.74, 6) is 1.23. The van der Waals surface area contributed by atoms with Crippen LogP contribution in [0.5, 0.6) is 5.75 Å². The zero-order chi connectivity index (χ0) is 21.7. The SMILES string of the molecule is FC(F)(F)c1ccc(Cc2ccccc2-c2nnn(CCOc3ccccc3)n2)cc1. The molecule has 0 aliphatic carbocycles. The number of para-hydroxylation sites is 1. The largest absolute Gasteiger partial charge is 0.492 e. The second kappa shape index (κ2) is 8.99. The lowest BCUT2D eigenvalue weighted by Crippen LogP contribution is -2.11. The molecule has 0 N–H and O–H groups in total. The van der Waals surface area contributed by atoms with E-state index in [0.29, 0.717) is 25.4 Å². The van der Waals surface area contributed by atoms with E-state index in [1.807, 2.05) is 54.6 Å². The van der Waals surface area contributed by atoms with Crippen LogP contribution in [0.25, 0.3) is 11.4 Å². The zero-order valence-electron chi connectivity index (χ0n) is 16.5. The maximum absolute atomic E-state index is 12.8. The monoisotopic (exact) mass is 424 g/mol. The van der Waals surface area contributed by atoms with Crippen molar-refractivity contribution < 1.29 is 17.9 Å². The molecule has 0 aliphatic rings. The number of benzene rings is 3. The topological polar surface area (TPSA) is 52.8 Å². The third-order valence-electron chi connectivity index (χ3n) is 4.69. The number of hydrogen-bond donors (Lipinski definition) is 0. The Bertz CT molecular complexity index is 1130. The summed E-state index contributed by atoms with van der Waals surface area (Å²) in [4.78, 5) is 1.47. The third kappa shape index (κ3) is 5.28. The van der Waals surface area contributed by atoms with Crippen molar-refractivity contribution in [3.63, 3.8) is 0 Å². The number of tetrazole rings is 1. The van der Waals surface area contributed by atoms with E-state index in [1.54, 1.807) is 0 Å². The quantitative estimate of drug-likeness (QED) is 0.418. The van der Waals surface area contributed by atoms with Gasteiger partial charge in [-0.25, -0.2) is 0 Å². The zero-order valence-corrected chi connectivity index (χ0v) is 16.5. The molecular formula is C23H19F3N4O. The van der Waals surface area contributed by atoms with E-state index >= 15 is 0 Å². The van der Waals surface area contributed by atoms with Crippen molar-refractivity contribution in [2.75, 3.05) is 6.61 Å². The highest BCUT2D eigenvalue weighted by Crippen LogP contribution is 2.30. The van der Waals surface area contributed by atoms with Crippen molar-refractivity contribution in [3.05, 3.63) is 95.6 Å². The van der Waals surface area contributed by atoms with Crippen molar-refractivity contribution in [2.45, 2.75) is 19.1 Å². The fourth-order valence-electron chi connectivity index (χ4n) is 3.13. The highest BCUT2D eigenvalue weighted by atomic mass is 19.4. The van der Waals surface area contributed by atoms with Crippen molar-refractivity contribution in [1.82, 2.24) is 20.2 Å². The Labute approximate surface area is 177 Å². The number of ether oxygens (including phenoxy) is 1. The van der Waals surface area contributed by atoms with E-state index in [4.69, 9.17) is 4.74 Å². The van der Waals surface area contributed by atoms with Gasteiger partial charge < -0.3 is 4.74 Å². The number of halogens is 3. The smallest absolute Gasteiger partial charge is 0.416 e. The van der Waals surface area contributed by atoms with Gasteiger partial charge in [0, 0.05) is 5.56 Å². The molecule has 1 heterocycles. The van der Waals surface area contributed by atoms with Crippen molar-refractivity contribution in [1.29, 1.82) is 0 Å². The average molecular weight is 424 g/mol. The van der Waals surface area contributed by atoms with E-state index < -0.39 is 11.7 Å². The molecule has 4 rings (SSSR count). The van der Waals surface area contributed by atoms with Gasteiger partial charge in [-0.15, -0.1) is 10.2 Å². The maximum Gasteiger partial charge on any atom is 0.416 e. The maximum atomic E-state index is 12.8. The van der Waals surface area contributed by atoms with Gasteiger partial charge in [0.1, 0.15) is 12.4 Å². The van der Waals surface area contributed by atoms with Gasteiger partial charge in [0.2, 0.25) is 5.82 Å². The fraction of sp³-hybridized carbons (Fsp3) is 0.174. The Balaban J connectivity index is 1.45. The third-order valence-corrected chi connectivity index (χ3v) is 4.69. The second-order valence-corrected chi connectivity index (χ2v) is 6.90. The molecule has 1 aromatic heterocycles. The number of hydrogen-bond acceptors (Lipinski definition) is 4. The van der Waals surface area contributed by atoms with Crippen LogP contribution in [0.4, 0.5) is 13.2 Å². The van der Waals surface area contributed by atoms with Crippen LogP contribution in [0.15, 0.2) is 78.9 Å². The van der Waals surface area contributed by atoms with E-state index in [9.17, 15) is 13.2 Å². The normalized spacial score (nSPS) is 11.5. The highest BCUT2D eigenvalue weighted by molar-refractivity contribution is 5.60. The van der Waals surface area contributed by atoms with E-state index in [1.165, 1.54) is 16.9 Å². The lowest BCUT2D eigenvalue weighted by atomic mass is 9.98. The van der Waals surface area contributed by atoms with Crippen molar-refractivity contribution in [3.8, 4) is 17.1 Å². The molecule has 0 bridgehead atoms. The van der Waals surface area contributed by atoms with E-state index in [0.717, 1.165) is 34.6 Å². The Kier molecular flexibility index (Phi) is 5.97. The standard InChI is InChI=1S/C23H19F3N4O/c24-23(25,26)19-12-10-17(11-13-19)16-18-6-4-5-9-21(18)22-27-29-30(28-22)14-15-31-20-7-2-1-3-8-20/h1-13H,14-16H2. The molecule has 0 radical (unpaired) electrons. The summed E-state index contributed by atoms with van der Waals surface area (Å²) < 4.78 is 44.0. The number of alkyl halides is 3. The van der Waals surface area contributed by atoms with Gasteiger partial charge in [0.15, 0.2) is 0 Å². The minimum absolute atomic E-state index is 0.396. The molecule has 31 heavy (non-hydrogen) atoms. The van der Waals surface area contributed by atoms with Gasteiger partial charge in [-0.3, -0.25) is 0 Å². The summed E-state index contributed by atoms with van der Waals surface area (Å²) in [6.45, 7) is 0.829. The fourth-order valence-corrected chi connectivity index (χ4v) is 3.13. The van der Waals surface area contributed by atoms with E-state index in [-0.39, 0.29) is 0 Å². The molecule has 4 aromatic rings. The van der Waals surface area contributed by atoms with E-state index in [2.05, 4.69) is 15.4 Å². The van der Waals surface area contributed by atoms with Crippen LogP contribution in [0, 0.1) is 0 Å². The average Bonchev–Trinajstić information content (AvgIpc) is 3.23. The van der Waals surface area contributed by atoms with Crippen LogP contribution in [-0.2, 0) is 19.1 Å². The lowest BCUT2D eigenvalue weighted by Gasteiger charge is -2.09. The molecule has 0 spiro atoms. The lowest BCUT2D eigenvalue weighted by molar-refractivity contribution is -0.137. The van der Waals surface area contributed by atoms with Crippen LogP contribution in [0.2, 0.25) is 0 Å². The molecule has 0 unspecified atom stereocenters. The van der Waals surface area contributed by atoms with Crippen LogP contribution in [-0.4, -0.2) is 26.8 Å². The predicted molar refractivity (Wildman–Crippen MR) is 109 cm³/mol. The van der Waals surface area contributed by atoms with Gasteiger partial charge in [-0.1, -0.05) is 54.6 Å². The summed E-state index contributed by atoms with van der Waals surface area (Å²) in [7, 11) is 0. The van der Waals surface area contributed by atoms with Gasteiger partial charge in [-0.2, -0.15) is 18.0 Å². The summed E-state index contributed by atoms with van der Waals surface area (Å²) in [6, 6.07) is 22.2. The van der Waals surface area contributed by atoms with Gasteiger partial charge >= 0.3 is 6.18 Å². The van der Waals surface area contributed by atoms with Crippen LogP contribution < -0.4 is 4.74 Å². The number of aromatic nitrogens is 4. The van der Waals surface area contributed by atoms with Gasteiger partial charge in [0.25, 0.3) is 0 Å². The minimum Gasteiger partial charge on any atom is -0.492 e. The molecule has 5 nitrogen and oxygen atoms in total. The first-order chi connectivity index (χ1) is 15.0. The minimum atomic E-state index is -4.34. The Morgan fingerprint density at radius 3 is 2.29 bits per heavy atom. The molecule has 158 valence electrons. The van der Waals surface area contributed by atoms with Crippen molar-refractivity contribution in [2.24, 2.45) is 0 Å². The molecule has 0 aliphatic heterocycles. The molecular weight excluding hydrogens is 405 g/mol. The number of rotatable bonds is 7. The first-order valence-electron chi connectivity index (χ1n) is 9.69. The molecule has 0 atom stereocenters. The summed E-state index contributed by atoms with van der Waals surface area (Å²) in [5, 5.41) is 12.6. The molecule has 0 amide bonds. The molecule has 0 saturated heterocycles. The Morgan fingerprint density at radius 2 is 1.55 bits per heavy atom. The van der Waals surface area contributed by atoms with Crippen LogP contribution in [0.3, 0.4) is 0 Å². The first kappa shape index (κ1) is 20.6. The second-order valence-electron chi connectivity index (χ2n) is 6.90. The molecule has 3 aromatic carbocycles. The van der Waals surface area contributed by atoms with Crippen molar-refractivity contribution >= 4 is 0 Å². The first-order valence-corrected chi connectivity index (χ1v) is 9.69. The van der Waals surface area contributed by atoms with Crippen LogP contribution >= 0.6 is 0 Å². The molecule has 0 saturated carbocycles. The Morgan fingerprint density at radius 1 is 0.839 bits per heavy atom. The van der Waals surface area contributed by atoms with Crippen LogP contribution in [0.1, 0.15) is 16.7 Å². The summed E-state index contributed by atoms with van der Waals surface area (Å²) in [5.41, 5.74) is 1.80. The molecule has 8 heteroatoms. The molecule has 0 fully saturated rings. The Hall–Kier alpha value is -3.68.